The van der Waals surface area contributed by atoms with Crippen molar-refractivity contribution in [2.75, 3.05) is 10.6 Å². The Bertz CT molecular complexity index is 1340. The summed E-state index contributed by atoms with van der Waals surface area (Å²) in [6, 6.07) is 21.7. The molecular weight excluding hydrogens is 403 g/mol. The van der Waals surface area contributed by atoms with Gasteiger partial charge in [-0.05, 0) is 60.9 Å². The Morgan fingerprint density at radius 3 is 2.50 bits per heavy atom. The van der Waals surface area contributed by atoms with Crippen LogP contribution in [0.15, 0.2) is 84.1 Å². The molecule has 3 aromatic carbocycles. The number of nitrogens with zero attached hydrogens (tertiary/aromatic N) is 2. The molecule has 0 bridgehead atoms. The molecule has 0 spiro atoms. The molecule has 1 atom stereocenters. The van der Waals surface area contributed by atoms with Gasteiger partial charge in [-0.15, -0.1) is 0 Å². The first-order valence-corrected chi connectivity index (χ1v) is 10.7. The highest BCUT2D eigenvalue weighted by atomic mass is 19.1. The van der Waals surface area contributed by atoms with E-state index >= 15 is 0 Å². The second-order valence-electron chi connectivity index (χ2n) is 7.92. The van der Waals surface area contributed by atoms with Gasteiger partial charge in [0.15, 0.2) is 0 Å². The summed E-state index contributed by atoms with van der Waals surface area (Å²) in [6.07, 6.45) is 0.943. The van der Waals surface area contributed by atoms with E-state index in [0.717, 1.165) is 28.7 Å². The molecule has 1 amide bonds. The van der Waals surface area contributed by atoms with Gasteiger partial charge in [0.05, 0.1) is 22.6 Å². The van der Waals surface area contributed by atoms with Crippen molar-refractivity contribution in [2.24, 2.45) is 0 Å². The van der Waals surface area contributed by atoms with Crippen LogP contribution in [0.4, 0.5) is 16.0 Å². The number of halogens is 1. The monoisotopic (exact) mass is 426 g/mol. The first kappa shape index (κ1) is 20.0. The molecule has 0 unspecified atom stereocenters. The minimum atomic E-state index is -0.356. The number of nitrogens with one attached hydrogen (secondary N) is 2. The zero-order valence-electron chi connectivity index (χ0n) is 17.9. The van der Waals surface area contributed by atoms with Crippen molar-refractivity contribution in [2.45, 2.75) is 26.3 Å². The molecule has 1 aliphatic rings. The zero-order chi connectivity index (χ0) is 22.2. The average molecular weight is 426 g/mol. The molecule has 0 saturated heterocycles. The number of para-hydroxylation sites is 2. The number of fused-ring (bicyclic) bond motifs is 3. The summed E-state index contributed by atoms with van der Waals surface area (Å²) in [5.41, 5.74) is 5.90. The van der Waals surface area contributed by atoms with E-state index in [1.165, 1.54) is 17.7 Å². The summed E-state index contributed by atoms with van der Waals surface area (Å²) < 4.78 is 15.4. The number of carbonyl (C=O) groups excluding carboxylic acids is 1. The molecule has 160 valence electrons. The molecule has 32 heavy (non-hydrogen) atoms. The number of imidazole rings is 1. The number of hydrogen-bond donors (Lipinski definition) is 2. The largest absolute Gasteiger partial charge is 0.329 e. The Kier molecular flexibility index (Phi) is 4.98. The minimum Gasteiger partial charge on any atom is -0.329 e. The predicted molar refractivity (Wildman–Crippen MR) is 125 cm³/mol. The Morgan fingerprint density at radius 1 is 1.06 bits per heavy atom. The van der Waals surface area contributed by atoms with Crippen LogP contribution < -0.4 is 10.6 Å². The second kappa shape index (κ2) is 7.96. The van der Waals surface area contributed by atoms with Crippen LogP contribution in [0.1, 0.15) is 31.0 Å². The normalized spacial score (nSPS) is 15.4. The van der Waals surface area contributed by atoms with Gasteiger partial charge in [-0.2, -0.15) is 0 Å². The fourth-order valence-electron chi connectivity index (χ4n) is 4.24. The van der Waals surface area contributed by atoms with Gasteiger partial charge >= 0.3 is 0 Å². The van der Waals surface area contributed by atoms with E-state index in [2.05, 4.69) is 46.4 Å². The van der Waals surface area contributed by atoms with Gasteiger partial charge in [0.2, 0.25) is 5.95 Å². The predicted octanol–water partition coefficient (Wildman–Crippen LogP) is 5.67. The van der Waals surface area contributed by atoms with E-state index in [1.807, 2.05) is 31.2 Å². The third-order valence-corrected chi connectivity index (χ3v) is 5.88. The first-order chi connectivity index (χ1) is 15.5. The van der Waals surface area contributed by atoms with Crippen LogP contribution in [0.25, 0.3) is 11.0 Å². The van der Waals surface area contributed by atoms with Gasteiger partial charge in [0, 0.05) is 11.4 Å². The van der Waals surface area contributed by atoms with Crippen LogP contribution in [-0.4, -0.2) is 15.5 Å². The van der Waals surface area contributed by atoms with Gasteiger partial charge < -0.3 is 10.6 Å². The molecule has 2 N–H and O–H groups in total. The molecule has 0 saturated carbocycles. The molecule has 0 radical (unpaired) electrons. The fraction of sp³-hybridized carbons (Fsp3) is 0.154. The summed E-state index contributed by atoms with van der Waals surface area (Å²) >= 11 is 0. The maximum atomic E-state index is 13.5. The van der Waals surface area contributed by atoms with E-state index in [1.54, 1.807) is 12.1 Å². The topological polar surface area (TPSA) is 59.0 Å². The number of anilines is 2. The molecule has 5 nitrogen and oxygen atoms in total. The SMILES string of the molecule is CCc1ccc([C@H]2C(C(=O)Nc3ccc(F)cc3)=C(C)Nc3nc4ccccc4n32)cc1. The maximum Gasteiger partial charge on any atom is 0.255 e. The smallest absolute Gasteiger partial charge is 0.255 e. The Labute approximate surface area is 185 Å². The quantitative estimate of drug-likeness (QED) is 0.442. The summed E-state index contributed by atoms with van der Waals surface area (Å²) in [5, 5.41) is 6.23. The highest BCUT2D eigenvalue weighted by molar-refractivity contribution is 6.06. The van der Waals surface area contributed by atoms with E-state index in [-0.39, 0.29) is 17.8 Å². The van der Waals surface area contributed by atoms with Crippen molar-refractivity contribution in [3.63, 3.8) is 0 Å². The number of aromatic nitrogens is 2. The van der Waals surface area contributed by atoms with Crippen LogP contribution in [0, 0.1) is 5.82 Å². The van der Waals surface area contributed by atoms with Gasteiger partial charge in [-0.3, -0.25) is 9.36 Å². The lowest BCUT2D eigenvalue weighted by Gasteiger charge is -2.31. The van der Waals surface area contributed by atoms with E-state index in [0.29, 0.717) is 17.2 Å². The number of carbonyl (C=O) groups is 1. The third-order valence-electron chi connectivity index (χ3n) is 5.88. The average Bonchev–Trinajstić information content (AvgIpc) is 3.17. The van der Waals surface area contributed by atoms with Crippen LogP contribution in [0.5, 0.6) is 0 Å². The highest BCUT2D eigenvalue weighted by Crippen LogP contribution is 2.39. The molecule has 4 aromatic rings. The fourth-order valence-corrected chi connectivity index (χ4v) is 4.24. The van der Waals surface area contributed by atoms with E-state index in [4.69, 9.17) is 4.98 Å². The van der Waals surface area contributed by atoms with Crippen molar-refractivity contribution >= 4 is 28.6 Å². The lowest BCUT2D eigenvalue weighted by atomic mass is 9.93. The standard InChI is InChI=1S/C26H23FN4O/c1-3-17-8-10-18(11-9-17)24-23(25(32)29-20-14-12-19(27)13-15-20)16(2)28-26-30-21-6-4-5-7-22(21)31(24)26/h4-15,24H,3H2,1-2H3,(H,28,30)(H,29,32)/t24-/m0/s1. The minimum absolute atomic E-state index is 0.241. The van der Waals surface area contributed by atoms with Gasteiger partial charge in [-0.1, -0.05) is 43.3 Å². The zero-order valence-corrected chi connectivity index (χ0v) is 17.9. The van der Waals surface area contributed by atoms with E-state index in [9.17, 15) is 9.18 Å². The summed E-state index contributed by atoms with van der Waals surface area (Å²) in [5.74, 6) is 0.113. The van der Waals surface area contributed by atoms with Crippen LogP contribution in [0.2, 0.25) is 0 Å². The molecular formula is C26H23FN4O. The van der Waals surface area contributed by atoms with Crippen LogP contribution >= 0.6 is 0 Å². The number of benzene rings is 3. The molecule has 6 heteroatoms. The number of amides is 1. The van der Waals surface area contributed by atoms with Crippen LogP contribution in [-0.2, 0) is 11.2 Å². The molecule has 1 aliphatic heterocycles. The van der Waals surface area contributed by atoms with Gasteiger partial charge in [-0.25, -0.2) is 9.37 Å². The van der Waals surface area contributed by atoms with Gasteiger partial charge in [0.25, 0.3) is 5.91 Å². The van der Waals surface area contributed by atoms with Crippen molar-refractivity contribution in [3.8, 4) is 0 Å². The number of rotatable bonds is 4. The highest BCUT2D eigenvalue weighted by Gasteiger charge is 2.34. The van der Waals surface area contributed by atoms with Crippen molar-refractivity contribution in [3.05, 3.63) is 101 Å². The van der Waals surface area contributed by atoms with Crippen molar-refractivity contribution in [1.82, 2.24) is 9.55 Å². The Hall–Kier alpha value is -3.93. The lowest BCUT2D eigenvalue weighted by molar-refractivity contribution is -0.113. The molecule has 5 rings (SSSR count). The summed E-state index contributed by atoms with van der Waals surface area (Å²) in [6.45, 7) is 4.00. The number of hydrogen-bond acceptors (Lipinski definition) is 3. The molecule has 1 aromatic heterocycles. The Balaban J connectivity index is 1.64. The summed E-state index contributed by atoms with van der Waals surface area (Å²) in [4.78, 5) is 18.2. The molecule has 2 heterocycles. The van der Waals surface area contributed by atoms with Gasteiger partial charge in [0.1, 0.15) is 5.82 Å². The number of aryl methyl sites for hydroxylation is 1. The maximum absolute atomic E-state index is 13.5. The van der Waals surface area contributed by atoms with Crippen LogP contribution in [0.3, 0.4) is 0 Å². The summed E-state index contributed by atoms with van der Waals surface area (Å²) in [7, 11) is 0. The Morgan fingerprint density at radius 2 is 1.78 bits per heavy atom. The second-order valence-corrected chi connectivity index (χ2v) is 7.92. The first-order valence-electron chi connectivity index (χ1n) is 10.7. The third kappa shape index (κ3) is 3.43. The molecule has 0 aliphatic carbocycles. The lowest BCUT2D eigenvalue weighted by Crippen LogP contribution is -2.30. The van der Waals surface area contributed by atoms with Crippen molar-refractivity contribution < 1.29 is 9.18 Å². The van der Waals surface area contributed by atoms with E-state index < -0.39 is 0 Å². The number of allylic oxidation sites excluding steroid dienone is 1. The molecule has 0 fully saturated rings. The van der Waals surface area contributed by atoms with Crippen molar-refractivity contribution in [1.29, 1.82) is 0 Å².